The van der Waals surface area contributed by atoms with Crippen LogP contribution in [0, 0.1) is 0 Å². The molecule has 0 saturated heterocycles. The number of nitrogens with one attached hydrogen (secondary N) is 2. The summed E-state index contributed by atoms with van der Waals surface area (Å²) in [5, 5.41) is 9.06. The molecule has 7 heteroatoms. The zero-order valence-corrected chi connectivity index (χ0v) is 13.8. The Bertz CT molecular complexity index is 578. The van der Waals surface area contributed by atoms with Crippen molar-refractivity contribution in [3.05, 3.63) is 27.3 Å². The number of rotatable bonds is 6. The summed E-state index contributed by atoms with van der Waals surface area (Å²) >= 11 is 4.73. The summed E-state index contributed by atoms with van der Waals surface area (Å²) in [6.07, 6.45) is 2.94. The molecule has 1 amide bonds. The van der Waals surface area contributed by atoms with E-state index in [-0.39, 0.29) is 5.91 Å². The van der Waals surface area contributed by atoms with Crippen molar-refractivity contribution >= 4 is 51.0 Å². The maximum absolute atomic E-state index is 11.8. The zero-order chi connectivity index (χ0) is 14.5. The molecule has 0 bridgehead atoms. The zero-order valence-electron chi connectivity index (χ0n) is 11.4. The van der Waals surface area contributed by atoms with Crippen molar-refractivity contribution in [2.24, 2.45) is 0 Å². The Labute approximate surface area is 130 Å². The number of carbonyl (C=O) groups is 1. The lowest BCUT2D eigenvalue weighted by molar-refractivity contribution is 0.0968. The van der Waals surface area contributed by atoms with E-state index < -0.39 is 0 Å². The topological polar surface area (TPSA) is 67.2 Å². The molecule has 0 aliphatic rings. The van der Waals surface area contributed by atoms with E-state index in [2.05, 4.69) is 28.1 Å². The number of hydrogen-bond acceptors (Lipinski definition) is 6. The van der Waals surface area contributed by atoms with E-state index in [1.54, 1.807) is 30.1 Å². The van der Waals surface area contributed by atoms with E-state index in [1.807, 2.05) is 6.26 Å². The van der Waals surface area contributed by atoms with Gasteiger partial charge in [0.1, 0.15) is 9.88 Å². The minimum Gasteiger partial charge on any atom is -0.396 e. The molecule has 0 spiro atoms. The molecule has 0 radical (unpaired) electrons. The standard InChI is InChI=1S/C13H17N3OS3/c1-15-12(17)10-9(14)11(18-2)13(20-10)16-6-5-8-4-3-7-19-8/h3-4,7,16H,5-6,14H2,1-2H3,(H,15,17). The second kappa shape index (κ2) is 7.01. The highest BCUT2D eigenvalue weighted by Gasteiger charge is 2.19. The number of thioether (sulfide) groups is 1. The lowest BCUT2D eigenvalue weighted by Crippen LogP contribution is -2.17. The van der Waals surface area contributed by atoms with E-state index in [9.17, 15) is 4.79 Å². The predicted molar refractivity (Wildman–Crippen MR) is 90.4 cm³/mol. The van der Waals surface area contributed by atoms with Crippen LogP contribution in [0.15, 0.2) is 22.4 Å². The number of anilines is 2. The number of hydrogen-bond donors (Lipinski definition) is 3. The molecular weight excluding hydrogens is 310 g/mol. The highest BCUT2D eigenvalue weighted by molar-refractivity contribution is 7.99. The summed E-state index contributed by atoms with van der Waals surface area (Å²) in [6.45, 7) is 0.835. The Balaban J connectivity index is 2.08. The van der Waals surface area contributed by atoms with Gasteiger partial charge in [0.05, 0.1) is 10.6 Å². The van der Waals surface area contributed by atoms with Gasteiger partial charge in [0, 0.05) is 18.5 Å². The van der Waals surface area contributed by atoms with Crippen LogP contribution in [0.2, 0.25) is 0 Å². The fraction of sp³-hybridized carbons (Fsp3) is 0.308. The van der Waals surface area contributed by atoms with Crippen LogP contribution < -0.4 is 16.4 Å². The summed E-state index contributed by atoms with van der Waals surface area (Å²) in [6, 6.07) is 4.18. The lowest BCUT2D eigenvalue weighted by Gasteiger charge is -2.05. The highest BCUT2D eigenvalue weighted by atomic mass is 32.2. The fourth-order valence-corrected chi connectivity index (χ4v) is 4.50. The minimum atomic E-state index is -0.130. The molecule has 0 aromatic carbocycles. The number of nitrogen functional groups attached to an aromatic ring is 1. The van der Waals surface area contributed by atoms with Crippen molar-refractivity contribution in [3.63, 3.8) is 0 Å². The van der Waals surface area contributed by atoms with Crippen molar-refractivity contribution in [1.82, 2.24) is 5.32 Å². The molecule has 0 atom stereocenters. The first kappa shape index (κ1) is 15.2. The average Bonchev–Trinajstić information content (AvgIpc) is 3.06. The first-order valence-corrected chi connectivity index (χ1v) is 9.04. The Kier molecular flexibility index (Phi) is 5.33. The maximum Gasteiger partial charge on any atom is 0.263 e. The highest BCUT2D eigenvalue weighted by Crippen LogP contribution is 2.41. The van der Waals surface area contributed by atoms with E-state index in [0.29, 0.717) is 10.6 Å². The Morgan fingerprint density at radius 2 is 2.30 bits per heavy atom. The Morgan fingerprint density at radius 3 is 2.90 bits per heavy atom. The molecule has 0 aliphatic heterocycles. The Morgan fingerprint density at radius 1 is 1.50 bits per heavy atom. The maximum atomic E-state index is 11.8. The van der Waals surface area contributed by atoms with Gasteiger partial charge in [-0.05, 0) is 24.1 Å². The van der Waals surface area contributed by atoms with Crippen LogP contribution in [0.25, 0.3) is 0 Å². The number of thiophene rings is 2. The molecule has 2 heterocycles. The van der Waals surface area contributed by atoms with E-state index >= 15 is 0 Å². The van der Waals surface area contributed by atoms with Crippen molar-refractivity contribution in [1.29, 1.82) is 0 Å². The Hall–Kier alpha value is -1.18. The molecule has 0 unspecified atom stereocenters. The van der Waals surface area contributed by atoms with Gasteiger partial charge >= 0.3 is 0 Å². The van der Waals surface area contributed by atoms with Gasteiger partial charge in [0.2, 0.25) is 0 Å². The third-order valence-electron chi connectivity index (χ3n) is 2.77. The van der Waals surface area contributed by atoms with Gasteiger partial charge in [-0.15, -0.1) is 34.4 Å². The van der Waals surface area contributed by atoms with Gasteiger partial charge in [0.25, 0.3) is 5.91 Å². The summed E-state index contributed by atoms with van der Waals surface area (Å²) in [4.78, 5) is 14.6. The smallest absolute Gasteiger partial charge is 0.263 e. The van der Waals surface area contributed by atoms with Gasteiger partial charge < -0.3 is 16.4 Å². The van der Waals surface area contributed by atoms with Crippen molar-refractivity contribution in [3.8, 4) is 0 Å². The van der Waals surface area contributed by atoms with Gasteiger partial charge in [0.15, 0.2) is 0 Å². The first-order chi connectivity index (χ1) is 9.67. The van der Waals surface area contributed by atoms with E-state index in [1.165, 1.54) is 16.2 Å². The lowest BCUT2D eigenvalue weighted by atomic mass is 10.3. The number of amides is 1. The van der Waals surface area contributed by atoms with Crippen molar-refractivity contribution < 1.29 is 4.79 Å². The van der Waals surface area contributed by atoms with Gasteiger partial charge in [-0.3, -0.25) is 4.79 Å². The van der Waals surface area contributed by atoms with Crippen LogP contribution in [0.5, 0.6) is 0 Å². The molecule has 20 heavy (non-hydrogen) atoms. The first-order valence-electron chi connectivity index (χ1n) is 6.12. The van der Waals surface area contributed by atoms with Gasteiger partial charge in [-0.25, -0.2) is 0 Å². The molecule has 2 aromatic rings. The largest absolute Gasteiger partial charge is 0.396 e. The number of nitrogens with two attached hydrogens (primary N) is 1. The summed E-state index contributed by atoms with van der Waals surface area (Å²) in [5.41, 5.74) is 6.62. The number of carbonyl (C=O) groups excluding carboxylic acids is 1. The summed E-state index contributed by atoms with van der Waals surface area (Å²) in [7, 11) is 1.62. The monoisotopic (exact) mass is 327 g/mol. The van der Waals surface area contributed by atoms with Crippen LogP contribution in [-0.4, -0.2) is 25.8 Å². The quantitative estimate of drug-likeness (QED) is 0.713. The van der Waals surface area contributed by atoms with Crippen LogP contribution in [0.1, 0.15) is 14.5 Å². The molecular formula is C13H17N3OS3. The van der Waals surface area contributed by atoms with Gasteiger partial charge in [-0.2, -0.15) is 0 Å². The molecule has 2 rings (SSSR count). The molecule has 4 nitrogen and oxygen atoms in total. The summed E-state index contributed by atoms with van der Waals surface area (Å²) < 4.78 is 0. The average molecular weight is 328 g/mol. The second-order valence-corrected chi connectivity index (χ2v) is 6.91. The van der Waals surface area contributed by atoms with Crippen molar-refractivity contribution in [2.75, 3.05) is 30.9 Å². The third-order valence-corrected chi connectivity index (χ3v) is 5.83. The van der Waals surface area contributed by atoms with Crippen molar-refractivity contribution in [2.45, 2.75) is 11.3 Å². The minimum absolute atomic E-state index is 0.130. The molecule has 4 N–H and O–H groups in total. The van der Waals surface area contributed by atoms with Gasteiger partial charge in [-0.1, -0.05) is 6.07 Å². The molecule has 108 valence electrons. The molecule has 0 saturated carbocycles. The van der Waals surface area contributed by atoms with E-state index in [4.69, 9.17) is 5.73 Å². The fourth-order valence-electron chi connectivity index (χ4n) is 1.78. The van der Waals surface area contributed by atoms with E-state index in [0.717, 1.165) is 22.9 Å². The third kappa shape index (κ3) is 3.28. The molecule has 2 aromatic heterocycles. The second-order valence-electron chi connectivity index (χ2n) is 4.04. The normalized spacial score (nSPS) is 10.5. The van der Waals surface area contributed by atoms with Crippen LogP contribution in [0.3, 0.4) is 0 Å². The van der Waals surface area contributed by atoms with Crippen LogP contribution in [-0.2, 0) is 6.42 Å². The van der Waals surface area contributed by atoms with Crippen LogP contribution >= 0.6 is 34.4 Å². The van der Waals surface area contributed by atoms with Crippen LogP contribution in [0.4, 0.5) is 10.7 Å². The predicted octanol–water partition coefficient (Wildman–Crippen LogP) is 3.13. The summed E-state index contributed by atoms with van der Waals surface area (Å²) in [5.74, 6) is -0.130. The molecule has 0 fully saturated rings. The molecule has 0 aliphatic carbocycles. The SMILES string of the molecule is CNC(=O)c1sc(NCCc2cccs2)c(SC)c1N.